The molecule has 2 aliphatic rings. The maximum Gasteiger partial charge on any atom is 0.254 e. The van der Waals surface area contributed by atoms with E-state index in [4.69, 9.17) is 10.5 Å². The summed E-state index contributed by atoms with van der Waals surface area (Å²) < 4.78 is 19.0. The molecule has 2 N–H and O–H groups in total. The van der Waals surface area contributed by atoms with Gasteiger partial charge in [-0.05, 0) is 37.5 Å². The summed E-state index contributed by atoms with van der Waals surface area (Å²) in [5.74, 6) is -0.643. The van der Waals surface area contributed by atoms with Crippen molar-refractivity contribution < 1.29 is 18.7 Å². The summed E-state index contributed by atoms with van der Waals surface area (Å²) >= 11 is 0. The number of hydrogen-bond donors (Lipinski definition) is 1. The van der Waals surface area contributed by atoms with E-state index in [-0.39, 0.29) is 17.9 Å². The van der Waals surface area contributed by atoms with E-state index in [1.165, 1.54) is 18.2 Å². The number of nitrogens with two attached hydrogens (primary N) is 1. The minimum absolute atomic E-state index is 0.0176. The van der Waals surface area contributed by atoms with Crippen LogP contribution in [0.4, 0.5) is 4.39 Å². The number of halogens is 1. The number of benzene rings is 1. The quantitative estimate of drug-likeness (QED) is 0.884. The van der Waals surface area contributed by atoms with Gasteiger partial charge in [-0.15, -0.1) is 0 Å². The van der Waals surface area contributed by atoms with Crippen molar-refractivity contribution in [1.29, 1.82) is 0 Å². The third-order valence-electron chi connectivity index (χ3n) is 4.81. The largest absolute Gasteiger partial charge is 0.364 e. The van der Waals surface area contributed by atoms with E-state index in [0.717, 1.165) is 6.42 Å². The number of carbonyl (C=O) groups excluding carboxylic acids is 2. The first-order chi connectivity index (χ1) is 12.1. The van der Waals surface area contributed by atoms with Crippen molar-refractivity contribution in [1.82, 2.24) is 9.80 Å². The first-order valence-electron chi connectivity index (χ1n) is 8.77. The van der Waals surface area contributed by atoms with Crippen LogP contribution in [0.25, 0.3) is 0 Å². The molecular weight excluding hydrogens is 325 g/mol. The monoisotopic (exact) mass is 349 g/mol. The van der Waals surface area contributed by atoms with Crippen molar-refractivity contribution in [3.05, 3.63) is 35.6 Å². The van der Waals surface area contributed by atoms with Crippen LogP contribution in [0.3, 0.4) is 0 Å². The fourth-order valence-electron chi connectivity index (χ4n) is 3.41. The fraction of sp³-hybridized carbons (Fsp3) is 0.556. The summed E-state index contributed by atoms with van der Waals surface area (Å²) in [6.45, 7) is 2.48. The highest BCUT2D eigenvalue weighted by Gasteiger charge is 2.33. The lowest BCUT2D eigenvalue weighted by Crippen LogP contribution is -2.42. The van der Waals surface area contributed by atoms with Gasteiger partial charge in [0.05, 0.1) is 6.10 Å². The van der Waals surface area contributed by atoms with E-state index in [2.05, 4.69) is 0 Å². The zero-order valence-corrected chi connectivity index (χ0v) is 14.2. The van der Waals surface area contributed by atoms with E-state index >= 15 is 0 Å². The maximum atomic E-state index is 13.3. The molecule has 0 spiro atoms. The van der Waals surface area contributed by atoms with Gasteiger partial charge in [0.1, 0.15) is 11.9 Å². The van der Waals surface area contributed by atoms with Gasteiger partial charge in [-0.2, -0.15) is 0 Å². The Morgan fingerprint density at radius 2 is 1.92 bits per heavy atom. The van der Waals surface area contributed by atoms with Crippen LogP contribution < -0.4 is 5.73 Å². The van der Waals surface area contributed by atoms with Gasteiger partial charge in [0.25, 0.3) is 11.8 Å². The second-order valence-corrected chi connectivity index (χ2v) is 6.54. The molecule has 136 valence electrons. The van der Waals surface area contributed by atoms with Crippen molar-refractivity contribution in [3.8, 4) is 0 Å². The molecule has 0 bridgehead atoms. The van der Waals surface area contributed by atoms with Gasteiger partial charge in [0, 0.05) is 38.3 Å². The lowest BCUT2D eigenvalue weighted by Gasteiger charge is -2.24. The molecule has 2 fully saturated rings. The predicted octanol–water partition coefficient (Wildman–Crippen LogP) is 1.01. The number of carbonyl (C=O) groups is 2. The maximum absolute atomic E-state index is 13.3. The van der Waals surface area contributed by atoms with Crippen LogP contribution in [0, 0.1) is 5.82 Å². The lowest BCUT2D eigenvalue weighted by molar-refractivity contribution is -0.142. The van der Waals surface area contributed by atoms with Gasteiger partial charge in [-0.3, -0.25) is 9.59 Å². The molecule has 3 rings (SSSR count). The highest BCUT2D eigenvalue weighted by Crippen LogP contribution is 2.21. The van der Waals surface area contributed by atoms with Crippen LogP contribution >= 0.6 is 0 Å². The first kappa shape index (κ1) is 17.8. The van der Waals surface area contributed by atoms with E-state index in [0.29, 0.717) is 51.1 Å². The van der Waals surface area contributed by atoms with Crippen molar-refractivity contribution in [2.24, 2.45) is 5.73 Å². The molecule has 2 amide bonds. The third-order valence-corrected chi connectivity index (χ3v) is 4.81. The Hall–Kier alpha value is -1.99. The Kier molecular flexibility index (Phi) is 5.65. The van der Waals surface area contributed by atoms with Gasteiger partial charge < -0.3 is 20.3 Å². The minimum Gasteiger partial charge on any atom is -0.364 e. The molecule has 0 aromatic heterocycles. The summed E-state index contributed by atoms with van der Waals surface area (Å²) in [5.41, 5.74) is 5.93. The van der Waals surface area contributed by atoms with Crippen LogP contribution in [0.1, 0.15) is 29.6 Å². The summed E-state index contributed by atoms with van der Waals surface area (Å²) in [4.78, 5) is 28.6. The number of amides is 2. The zero-order chi connectivity index (χ0) is 17.8. The Morgan fingerprint density at radius 3 is 2.64 bits per heavy atom. The molecule has 6 nitrogen and oxygen atoms in total. The summed E-state index contributed by atoms with van der Waals surface area (Å²) in [6.07, 6.45) is 1.75. The number of hydrogen-bond acceptors (Lipinski definition) is 4. The van der Waals surface area contributed by atoms with Crippen molar-refractivity contribution in [2.45, 2.75) is 31.5 Å². The molecule has 0 aliphatic carbocycles. The Morgan fingerprint density at radius 1 is 1.16 bits per heavy atom. The molecule has 0 saturated carbocycles. The predicted molar refractivity (Wildman–Crippen MR) is 90.4 cm³/mol. The summed E-state index contributed by atoms with van der Waals surface area (Å²) in [6, 6.07) is 5.70. The zero-order valence-electron chi connectivity index (χ0n) is 14.2. The minimum atomic E-state index is -0.426. The molecule has 2 heterocycles. The molecule has 1 aromatic rings. The molecule has 1 aromatic carbocycles. The van der Waals surface area contributed by atoms with E-state index in [1.807, 2.05) is 0 Å². The van der Waals surface area contributed by atoms with Crippen LogP contribution in [0.15, 0.2) is 24.3 Å². The Balaban J connectivity index is 1.59. The molecule has 0 unspecified atom stereocenters. The highest BCUT2D eigenvalue weighted by molar-refractivity contribution is 5.94. The van der Waals surface area contributed by atoms with Crippen molar-refractivity contribution in [3.63, 3.8) is 0 Å². The Labute approximate surface area is 146 Å². The van der Waals surface area contributed by atoms with E-state index < -0.39 is 11.9 Å². The fourth-order valence-corrected chi connectivity index (χ4v) is 3.41. The number of rotatable bonds is 3. The van der Waals surface area contributed by atoms with Gasteiger partial charge >= 0.3 is 0 Å². The normalized spacial score (nSPS) is 24.2. The van der Waals surface area contributed by atoms with Crippen LogP contribution in [0.2, 0.25) is 0 Å². The van der Waals surface area contributed by atoms with Crippen LogP contribution in [-0.4, -0.2) is 66.5 Å². The highest BCUT2D eigenvalue weighted by atomic mass is 19.1. The second kappa shape index (κ2) is 7.93. The summed E-state index contributed by atoms with van der Waals surface area (Å²) in [5, 5.41) is 0. The molecule has 7 heteroatoms. The van der Waals surface area contributed by atoms with Gasteiger partial charge in [-0.1, -0.05) is 6.07 Å². The average Bonchev–Trinajstić information content (AvgIpc) is 2.97. The topological polar surface area (TPSA) is 75.9 Å². The second-order valence-electron chi connectivity index (χ2n) is 6.54. The van der Waals surface area contributed by atoms with Gasteiger partial charge in [0.2, 0.25) is 0 Å². The van der Waals surface area contributed by atoms with E-state index in [9.17, 15) is 14.0 Å². The van der Waals surface area contributed by atoms with Gasteiger partial charge in [-0.25, -0.2) is 4.39 Å². The van der Waals surface area contributed by atoms with Crippen molar-refractivity contribution in [2.75, 3.05) is 32.7 Å². The number of ether oxygens (including phenoxy) is 1. The molecule has 0 radical (unpaired) electrons. The summed E-state index contributed by atoms with van der Waals surface area (Å²) in [7, 11) is 0. The van der Waals surface area contributed by atoms with Crippen molar-refractivity contribution >= 4 is 11.8 Å². The molecule has 25 heavy (non-hydrogen) atoms. The molecule has 2 saturated heterocycles. The number of nitrogens with zero attached hydrogens (tertiary/aromatic N) is 2. The average molecular weight is 349 g/mol. The van der Waals surface area contributed by atoms with Crippen LogP contribution in [0.5, 0.6) is 0 Å². The molecule has 2 aliphatic heterocycles. The first-order valence-corrected chi connectivity index (χ1v) is 8.77. The Bertz CT molecular complexity index is 640. The third kappa shape index (κ3) is 4.16. The standard InChI is InChI=1S/C18H24FN3O3/c19-14-4-1-3-13(11-14)17(23)21-7-2-8-22(10-9-21)18(24)16-6-5-15(12-20)25-16/h1,3-4,11,15-16H,2,5-10,12,20H2/t15-,16+/m1/s1. The molecule has 2 atom stereocenters. The smallest absolute Gasteiger partial charge is 0.254 e. The van der Waals surface area contributed by atoms with Crippen LogP contribution in [-0.2, 0) is 9.53 Å². The van der Waals surface area contributed by atoms with E-state index in [1.54, 1.807) is 15.9 Å². The van der Waals surface area contributed by atoms with Gasteiger partial charge in [0.15, 0.2) is 0 Å². The SMILES string of the molecule is NC[C@H]1CC[C@@H](C(=O)N2CCCN(C(=O)c3cccc(F)c3)CC2)O1. The molecular formula is C18H24FN3O3. The lowest BCUT2D eigenvalue weighted by atomic mass is 10.2.